The van der Waals surface area contributed by atoms with E-state index in [9.17, 15) is 13.2 Å². The van der Waals surface area contributed by atoms with Gasteiger partial charge in [0.2, 0.25) is 0 Å². The minimum absolute atomic E-state index is 0.0283. The minimum Gasteiger partial charge on any atom is -0.449 e. The first-order valence-electron chi connectivity index (χ1n) is 5.53. The second kappa shape index (κ2) is 7.17. The van der Waals surface area contributed by atoms with E-state index in [1.807, 2.05) is 0 Å². The highest BCUT2D eigenvalue weighted by Gasteiger charge is 2.25. The molecule has 106 valence electrons. The van der Waals surface area contributed by atoms with Crippen molar-refractivity contribution in [3.05, 3.63) is 0 Å². The Balaban J connectivity index is 4.72. The Kier molecular flexibility index (Phi) is 6.63. The van der Waals surface area contributed by atoms with Crippen LogP contribution in [0.2, 0.25) is 0 Å². The number of carbonyl (C=O) groups is 1. The number of ether oxygens (including phenoxy) is 1. The van der Waals surface area contributed by atoms with Gasteiger partial charge < -0.3 is 10.5 Å². The van der Waals surface area contributed by atoms with E-state index >= 15 is 0 Å². The van der Waals surface area contributed by atoms with E-state index in [4.69, 9.17) is 11.1 Å². The summed E-state index contributed by atoms with van der Waals surface area (Å²) >= 11 is 0. The molecule has 0 radical (unpaired) electrons. The highest BCUT2D eigenvalue weighted by Crippen LogP contribution is 2.04. The number of carbonyl (C=O) groups excluding carboxylic acids is 1. The fourth-order valence-electron chi connectivity index (χ4n) is 1.13. The summed E-state index contributed by atoms with van der Waals surface area (Å²) in [6.45, 7) is 5.09. The van der Waals surface area contributed by atoms with Gasteiger partial charge in [0.25, 0.3) is 0 Å². The van der Waals surface area contributed by atoms with E-state index < -0.39 is 22.2 Å². The maximum absolute atomic E-state index is 11.8. The number of nitrogens with zero attached hydrogens (tertiary/aromatic N) is 1. The van der Waals surface area contributed by atoms with Crippen molar-refractivity contribution in [1.82, 2.24) is 9.03 Å². The number of nitrogens with two attached hydrogens (primary N) is 1. The molecule has 4 N–H and O–H groups in total. The first-order chi connectivity index (χ1) is 8.24. The first kappa shape index (κ1) is 16.6. The van der Waals surface area contributed by atoms with Gasteiger partial charge in [0, 0.05) is 19.0 Å². The molecule has 0 rings (SSSR count). The third-order valence-electron chi connectivity index (χ3n) is 2.19. The molecule has 18 heavy (non-hydrogen) atoms. The Labute approximate surface area is 107 Å². The second-order valence-electron chi connectivity index (χ2n) is 3.63. The van der Waals surface area contributed by atoms with Crippen LogP contribution in [0.25, 0.3) is 0 Å². The van der Waals surface area contributed by atoms with E-state index in [-0.39, 0.29) is 25.5 Å². The third-order valence-corrected chi connectivity index (χ3v) is 3.70. The van der Waals surface area contributed by atoms with Crippen molar-refractivity contribution in [2.24, 2.45) is 11.7 Å². The molecule has 1 unspecified atom stereocenters. The minimum atomic E-state index is -3.97. The van der Waals surface area contributed by atoms with Gasteiger partial charge in [-0.05, 0) is 6.92 Å². The lowest BCUT2D eigenvalue weighted by atomic mass is 10.1. The average Bonchev–Trinajstić information content (AvgIpc) is 2.24. The molecule has 0 aromatic heterocycles. The van der Waals surface area contributed by atoms with Crippen LogP contribution in [0.1, 0.15) is 20.8 Å². The number of nitrogens with one attached hydrogen (secondary N) is 2. The van der Waals surface area contributed by atoms with Gasteiger partial charge in [-0.1, -0.05) is 13.8 Å². The van der Waals surface area contributed by atoms with Crippen molar-refractivity contribution in [3.8, 4) is 0 Å². The van der Waals surface area contributed by atoms with Gasteiger partial charge in [0.05, 0.1) is 12.4 Å². The van der Waals surface area contributed by atoms with E-state index in [0.29, 0.717) is 0 Å². The quantitative estimate of drug-likeness (QED) is 0.442. The SMILES string of the molecule is CCOC(=O)NS(=O)(=O)N(CC)CC(C)C(=N)N. The van der Waals surface area contributed by atoms with Crippen LogP contribution >= 0.6 is 0 Å². The number of rotatable bonds is 7. The van der Waals surface area contributed by atoms with Gasteiger partial charge in [0.15, 0.2) is 0 Å². The van der Waals surface area contributed by atoms with Crippen LogP contribution in [0.15, 0.2) is 0 Å². The highest BCUT2D eigenvalue weighted by atomic mass is 32.2. The van der Waals surface area contributed by atoms with Crippen LogP contribution < -0.4 is 10.5 Å². The third kappa shape index (κ3) is 5.32. The molecule has 0 aliphatic rings. The van der Waals surface area contributed by atoms with Gasteiger partial charge in [0.1, 0.15) is 0 Å². The topological polar surface area (TPSA) is 126 Å². The van der Waals surface area contributed by atoms with Crippen LogP contribution in [0.4, 0.5) is 4.79 Å². The maximum Gasteiger partial charge on any atom is 0.421 e. The molecule has 0 spiro atoms. The smallest absolute Gasteiger partial charge is 0.421 e. The number of hydrogen-bond donors (Lipinski definition) is 3. The van der Waals surface area contributed by atoms with Gasteiger partial charge in [-0.2, -0.15) is 12.7 Å². The van der Waals surface area contributed by atoms with Crippen molar-refractivity contribution >= 4 is 22.1 Å². The predicted octanol–water partition coefficient (Wildman–Crippen LogP) is -0.129. The number of hydrogen-bond acceptors (Lipinski definition) is 5. The zero-order valence-electron chi connectivity index (χ0n) is 10.8. The summed E-state index contributed by atoms with van der Waals surface area (Å²) in [5, 5.41) is 7.23. The van der Waals surface area contributed by atoms with Crippen molar-refractivity contribution in [1.29, 1.82) is 5.41 Å². The molecule has 0 saturated carbocycles. The fraction of sp³-hybridized carbons (Fsp3) is 0.778. The summed E-state index contributed by atoms with van der Waals surface area (Å²) < 4.78 is 30.9. The van der Waals surface area contributed by atoms with Crippen LogP contribution in [0.3, 0.4) is 0 Å². The van der Waals surface area contributed by atoms with E-state index in [1.165, 1.54) is 0 Å². The summed E-state index contributed by atoms with van der Waals surface area (Å²) in [5.74, 6) is -0.538. The standard InChI is InChI=1S/C9H20N4O4S/c1-4-13(6-7(3)8(10)11)18(15,16)12-9(14)17-5-2/h7H,4-6H2,1-3H3,(H3,10,11)(H,12,14). The van der Waals surface area contributed by atoms with Gasteiger partial charge >= 0.3 is 16.3 Å². The molecule has 9 heteroatoms. The molecular weight excluding hydrogens is 260 g/mol. The molecule has 0 aromatic rings. The predicted molar refractivity (Wildman–Crippen MR) is 67.4 cm³/mol. The summed E-state index contributed by atoms with van der Waals surface area (Å²) in [5.41, 5.74) is 5.28. The molecule has 0 aliphatic carbocycles. The summed E-state index contributed by atoms with van der Waals surface area (Å²) in [4.78, 5) is 11.1. The maximum atomic E-state index is 11.8. The molecule has 0 bridgehead atoms. The van der Waals surface area contributed by atoms with Crippen molar-refractivity contribution in [2.45, 2.75) is 20.8 Å². The Morgan fingerprint density at radius 1 is 1.50 bits per heavy atom. The zero-order chi connectivity index (χ0) is 14.3. The molecule has 0 saturated heterocycles. The molecule has 1 atom stereocenters. The van der Waals surface area contributed by atoms with Gasteiger partial charge in [-0.3, -0.25) is 5.41 Å². The highest BCUT2D eigenvalue weighted by molar-refractivity contribution is 7.87. The van der Waals surface area contributed by atoms with Crippen molar-refractivity contribution in [3.63, 3.8) is 0 Å². The monoisotopic (exact) mass is 280 g/mol. The summed E-state index contributed by atoms with van der Waals surface area (Å²) in [7, 11) is -3.97. The second-order valence-corrected chi connectivity index (χ2v) is 5.31. The Bertz CT molecular complexity index is 395. The molecular formula is C9H20N4O4S. The van der Waals surface area contributed by atoms with Crippen LogP contribution in [0, 0.1) is 11.3 Å². The molecule has 0 fully saturated rings. The van der Waals surface area contributed by atoms with E-state index in [2.05, 4.69) is 4.74 Å². The first-order valence-corrected chi connectivity index (χ1v) is 6.97. The zero-order valence-corrected chi connectivity index (χ0v) is 11.6. The number of amides is 1. The molecule has 0 aromatic carbocycles. The van der Waals surface area contributed by atoms with Crippen LogP contribution in [0.5, 0.6) is 0 Å². The fourth-order valence-corrected chi connectivity index (χ4v) is 2.29. The van der Waals surface area contributed by atoms with Crippen molar-refractivity contribution in [2.75, 3.05) is 19.7 Å². The lowest BCUT2D eigenvalue weighted by Crippen LogP contribution is -2.46. The number of amidine groups is 1. The molecule has 0 aliphatic heterocycles. The average molecular weight is 280 g/mol. The van der Waals surface area contributed by atoms with E-state index in [1.54, 1.807) is 25.5 Å². The normalized spacial score (nSPS) is 13.1. The van der Waals surface area contributed by atoms with Crippen molar-refractivity contribution < 1.29 is 17.9 Å². The lowest BCUT2D eigenvalue weighted by Gasteiger charge is -2.23. The van der Waals surface area contributed by atoms with Crippen LogP contribution in [-0.2, 0) is 14.9 Å². The molecule has 0 heterocycles. The lowest BCUT2D eigenvalue weighted by molar-refractivity contribution is 0.158. The Morgan fingerprint density at radius 2 is 2.06 bits per heavy atom. The Hall–Kier alpha value is -1.35. The molecule has 1 amide bonds. The summed E-state index contributed by atoms with van der Waals surface area (Å²) in [6, 6.07) is 0. The van der Waals surface area contributed by atoms with Gasteiger partial charge in [-0.25, -0.2) is 9.52 Å². The molecule has 8 nitrogen and oxygen atoms in total. The summed E-state index contributed by atoms with van der Waals surface area (Å²) in [6.07, 6.45) is -1.02. The van der Waals surface area contributed by atoms with E-state index in [0.717, 1.165) is 4.31 Å². The van der Waals surface area contributed by atoms with Gasteiger partial charge in [-0.15, -0.1) is 0 Å². The largest absolute Gasteiger partial charge is 0.449 e. The van der Waals surface area contributed by atoms with Crippen LogP contribution in [-0.4, -0.2) is 44.3 Å². The Morgan fingerprint density at radius 3 is 2.44 bits per heavy atom.